The molecule has 0 radical (unpaired) electrons. The SMILES string of the molecule is CC(C#N)Cn1c(=O)[nH]c2sc3c(c2c1=O)CCCC3. The molecule has 1 N–H and O–H groups in total. The predicted molar refractivity (Wildman–Crippen MR) is 78.1 cm³/mol. The number of rotatable bonds is 2. The van der Waals surface area contributed by atoms with Crippen LogP contribution in [0.1, 0.15) is 30.2 Å². The average Bonchev–Trinajstić information content (AvgIpc) is 2.81. The van der Waals surface area contributed by atoms with Gasteiger partial charge in [-0.25, -0.2) is 4.79 Å². The maximum absolute atomic E-state index is 12.6. The number of hydrogen-bond donors (Lipinski definition) is 1. The third-order valence-corrected chi connectivity index (χ3v) is 4.98. The Bertz CT molecular complexity index is 822. The van der Waals surface area contributed by atoms with Gasteiger partial charge in [-0.15, -0.1) is 11.3 Å². The molecule has 0 spiro atoms. The number of hydrogen-bond acceptors (Lipinski definition) is 4. The third-order valence-electron chi connectivity index (χ3n) is 3.77. The molecule has 2 aromatic rings. The molecule has 1 aliphatic rings. The van der Waals surface area contributed by atoms with Gasteiger partial charge in [0.2, 0.25) is 0 Å². The molecule has 0 aromatic carbocycles. The summed E-state index contributed by atoms with van der Waals surface area (Å²) in [4.78, 5) is 29.3. The first kappa shape index (κ1) is 13.1. The number of H-pyrrole nitrogens is 1. The Morgan fingerprint density at radius 3 is 2.90 bits per heavy atom. The van der Waals surface area contributed by atoms with Crippen molar-refractivity contribution < 1.29 is 0 Å². The molecule has 6 heteroatoms. The minimum absolute atomic E-state index is 0.144. The fourth-order valence-electron chi connectivity index (χ4n) is 2.75. The van der Waals surface area contributed by atoms with Gasteiger partial charge in [0.05, 0.1) is 17.4 Å². The highest BCUT2D eigenvalue weighted by molar-refractivity contribution is 7.18. The first-order valence-corrected chi connectivity index (χ1v) is 7.60. The van der Waals surface area contributed by atoms with Gasteiger partial charge in [-0.2, -0.15) is 5.26 Å². The van der Waals surface area contributed by atoms with E-state index in [4.69, 9.17) is 5.26 Å². The molecule has 0 amide bonds. The summed E-state index contributed by atoms with van der Waals surface area (Å²) in [6, 6.07) is 2.06. The third kappa shape index (κ3) is 1.98. The lowest BCUT2D eigenvalue weighted by Crippen LogP contribution is -2.36. The molecule has 20 heavy (non-hydrogen) atoms. The number of nitrogens with zero attached hydrogens (tertiary/aromatic N) is 2. The van der Waals surface area contributed by atoms with Gasteiger partial charge in [-0.3, -0.25) is 14.3 Å². The summed E-state index contributed by atoms with van der Waals surface area (Å²) in [5, 5.41) is 9.53. The van der Waals surface area contributed by atoms with Crippen molar-refractivity contribution in [2.24, 2.45) is 5.92 Å². The zero-order valence-electron chi connectivity index (χ0n) is 11.2. The van der Waals surface area contributed by atoms with Crippen molar-refractivity contribution in [2.45, 2.75) is 39.2 Å². The number of aromatic nitrogens is 2. The van der Waals surface area contributed by atoms with Crippen molar-refractivity contribution in [1.29, 1.82) is 5.26 Å². The van der Waals surface area contributed by atoms with Crippen LogP contribution in [0.15, 0.2) is 9.59 Å². The molecule has 104 valence electrons. The van der Waals surface area contributed by atoms with Crippen LogP contribution in [0.25, 0.3) is 10.2 Å². The molecule has 3 rings (SSSR count). The summed E-state index contributed by atoms with van der Waals surface area (Å²) in [5.41, 5.74) is 0.448. The monoisotopic (exact) mass is 289 g/mol. The minimum Gasteiger partial charge on any atom is -0.298 e. The fourth-order valence-corrected chi connectivity index (χ4v) is 4.02. The maximum atomic E-state index is 12.6. The summed E-state index contributed by atoms with van der Waals surface area (Å²) in [7, 11) is 0. The first-order chi connectivity index (χ1) is 9.61. The van der Waals surface area contributed by atoms with E-state index in [-0.39, 0.29) is 18.0 Å². The second kappa shape index (κ2) is 4.91. The molecule has 1 unspecified atom stereocenters. The van der Waals surface area contributed by atoms with Crippen LogP contribution in [0.5, 0.6) is 0 Å². The van der Waals surface area contributed by atoms with E-state index >= 15 is 0 Å². The summed E-state index contributed by atoms with van der Waals surface area (Å²) < 4.78 is 1.16. The number of nitriles is 1. The Hall–Kier alpha value is -1.87. The van der Waals surface area contributed by atoms with E-state index in [1.54, 1.807) is 6.92 Å². The Morgan fingerprint density at radius 2 is 2.15 bits per heavy atom. The second-order valence-corrected chi connectivity index (χ2v) is 6.40. The highest BCUT2D eigenvalue weighted by Gasteiger charge is 2.21. The highest BCUT2D eigenvalue weighted by Crippen LogP contribution is 2.32. The predicted octanol–water partition coefficient (Wildman–Crippen LogP) is 1.79. The van der Waals surface area contributed by atoms with E-state index in [9.17, 15) is 9.59 Å². The molecule has 0 aliphatic heterocycles. The van der Waals surface area contributed by atoms with Gasteiger partial charge < -0.3 is 0 Å². The Labute approximate surface area is 119 Å². The van der Waals surface area contributed by atoms with Crippen LogP contribution in [0.2, 0.25) is 0 Å². The molecule has 2 heterocycles. The average molecular weight is 289 g/mol. The molecular formula is C14H15N3O2S. The number of aromatic amines is 1. The first-order valence-electron chi connectivity index (χ1n) is 6.78. The normalized spacial score (nSPS) is 15.8. The Morgan fingerprint density at radius 1 is 1.40 bits per heavy atom. The molecule has 0 bridgehead atoms. The van der Waals surface area contributed by atoms with Crippen molar-refractivity contribution in [3.63, 3.8) is 0 Å². The molecule has 0 fully saturated rings. The Kier molecular flexibility index (Phi) is 3.22. The summed E-state index contributed by atoms with van der Waals surface area (Å²) in [6.07, 6.45) is 4.13. The molecule has 0 saturated heterocycles. The summed E-state index contributed by atoms with van der Waals surface area (Å²) in [5.74, 6) is -0.360. The van der Waals surface area contributed by atoms with Gasteiger partial charge in [0.1, 0.15) is 4.83 Å². The molecule has 1 atom stereocenters. The van der Waals surface area contributed by atoms with Crippen LogP contribution < -0.4 is 11.2 Å². The molecule has 5 nitrogen and oxygen atoms in total. The van der Waals surface area contributed by atoms with Crippen LogP contribution in [0.3, 0.4) is 0 Å². The van der Waals surface area contributed by atoms with E-state index in [1.165, 1.54) is 16.2 Å². The van der Waals surface area contributed by atoms with Crippen LogP contribution in [-0.2, 0) is 19.4 Å². The van der Waals surface area contributed by atoms with Crippen LogP contribution >= 0.6 is 11.3 Å². The number of thiophene rings is 1. The number of fused-ring (bicyclic) bond motifs is 3. The molecule has 2 aromatic heterocycles. The summed E-state index contributed by atoms with van der Waals surface area (Å²) >= 11 is 1.53. The zero-order chi connectivity index (χ0) is 14.3. The van der Waals surface area contributed by atoms with E-state index < -0.39 is 5.69 Å². The van der Waals surface area contributed by atoms with Crippen LogP contribution in [0.4, 0.5) is 0 Å². The van der Waals surface area contributed by atoms with Crippen molar-refractivity contribution in [2.75, 3.05) is 0 Å². The second-order valence-electron chi connectivity index (χ2n) is 5.29. The minimum atomic E-state index is -0.414. The topological polar surface area (TPSA) is 78.7 Å². The maximum Gasteiger partial charge on any atom is 0.329 e. The lowest BCUT2D eigenvalue weighted by molar-refractivity contribution is 0.544. The van der Waals surface area contributed by atoms with Crippen molar-refractivity contribution in [3.8, 4) is 6.07 Å². The quantitative estimate of drug-likeness (QED) is 0.915. The van der Waals surface area contributed by atoms with E-state index in [0.29, 0.717) is 10.2 Å². The lowest BCUT2D eigenvalue weighted by Gasteiger charge is -2.10. The van der Waals surface area contributed by atoms with Gasteiger partial charge in [0.15, 0.2) is 0 Å². The van der Waals surface area contributed by atoms with Gasteiger partial charge in [0, 0.05) is 11.4 Å². The zero-order valence-corrected chi connectivity index (χ0v) is 12.0. The van der Waals surface area contributed by atoms with E-state index in [0.717, 1.165) is 35.8 Å². The van der Waals surface area contributed by atoms with E-state index in [2.05, 4.69) is 11.1 Å². The standard InChI is InChI=1S/C14H15N3O2S/c1-8(6-15)7-17-13(18)11-9-4-2-3-5-10(9)20-12(11)16-14(17)19/h8H,2-5,7H2,1H3,(H,16,19). The van der Waals surface area contributed by atoms with Gasteiger partial charge >= 0.3 is 5.69 Å². The number of nitrogens with one attached hydrogen (secondary N) is 1. The van der Waals surface area contributed by atoms with Crippen molar-refractivity contribution in [1.82, 2.24) is 9.55 Å². The van der Waals surface area contributed by atoms with Crippen LogP contribution in [0, 0.1) is 17.2 Å². The fraction of sp³-hybridized carbons (Fsp3) is 0.500. The molecular weight excluding hydrogens is 274 g/mol. The Balaban J connectivity index is 2.26. The van der Waals surface area contributed by atoms with E-state index in [1.807, 2.05) is 0 Å². The van der Waals surface area contributed by atoms with Crippen LogP contribution in [-0.4, -0.2) is 9.55 Å². The van der Waals surface area contributed by atoms with Gasteiger partial charge in [-0.05, 0) is 38.2 Å². The molecule has 0 saturated carbocycles. The lowest BCUT2D eigenvalue weighted by atomic mass is 9.97. The summed E-state index contributed by atoms with van der Waals surface area (Å²) in [6.45, 7) is 1.85. The highest BCUT2D eigenvalue weighted by atomic mass is 32.1. The smallest absolute Gasteiger partial charge is 0.298 e. The van der Waals surface area contributed by atoms with Crippen molar-refractivity contribution in [3.05, 3.63) is 31.3 Å². The van der Waals surface area contributed by atoms with Gasteiger partial charge in [-0.1, -0.05) is 0 Å². The van der Waals surface area contributed by atoms with Crippen molar-refractivity contribution >= 4 is 21.6 Å². The molecule has 1 aliphatic carbocycles. The largest absolute Gasteiger partial charge is 0.329 e. The van der Waals surface area contributed by atoms with Gasteiger partial charge in [0.25, 0.3) is 5.56 Å². The number of aryl methyl sites for hydroxylation is 2.